The van der Waals surface area contributed by atoms with Gasteiger partial charge in [-0.15, -0.1) is 0 Å². The summed E-state index contributed by atoms with van der Waals surface area (Å²) in [5, 5.41) is 0. The van der Waals surface area contributed by atoms with E-state index in [1.165, 1.54) is 19.2 Å². The number of carbonyl (C=O) groups is 1. The highest BCUT2D eigenvalue weighted by Gasteiger charge is 2.55. The van der Waals surface area contributed by atoms with Crippen LogP contribution >= 0.6 is 0 Å². The summed E-state index contributed by atoms with van der Waals surface area (Å²) in [6.45, 7) is 0.945. The molecule has 1 atom stereocenters. The number of methoxy groups -OCH3 is 1. The molecule has 0 spiro atoms. The molecule has 1 aromatic rings. The molecule has 130 valence electrons. The van der Waals surface area contributed by atoms with E-state index in [2.05, 4.69) is 0 Å². The number of hydrogen-bond acceptors (Lipinski definition) is 5. The van der Waals surface area contributed by atoms with Crippen LogP contribution in [-0.4, -0.2) is 45.0 Å². The van der Waals surface area contributed by atoms with Crippen LogP contribution in [0.15, 0.2) is 23.1 Å². The second kappa shape index (κ2) is 5.46. The first-order valence-electron chi connectivity index (χ1n) is 8.35. The summed E-state index contributed by atoms with van der Waals surface area (Å²) >= 11 is 0. The number of benzene rings is 1. The Balaban J connectivity index is 1.64. The molecule has 1 saturated heterocycles. The summed E-state index contributed by atoms with van der Waals surface area (Å²) in [6.07, 6.45) is 4.99. The van der Waals surface area contributed by atoms with E-state index < -0.39 is 15.9 Å². The minimum atomic E-state index is -3.78. The van der Waals surface area contributed by atoms with Crippen molar-refractivity contribution >= 4 is 15.9 Å². The molecule has 7 heteroatoms. The molecule has 2 aliphatic heterocycles. The number of carbonyl (C=O) groups excluding carboxylic acids is 1. The monoisotopic (exact) mass is 351 g/mol. The van der Waals surface area contributed by atoms with E-state index >= 15 is 0 Å². The predicted octanol–water partition coefficient (Wildman–Crippen LogP) is 2.19. The first-order chi connectivity index (χ1) is 11.5. The lowest BCUT2D eigenvalue weighted by Gasteiger charge is -2.32. The van der Waals surface area contributed by atoms with Gasteiger partial charge in [-0.1, -0.05) is 0 Å². The first kappa shape index (κ1) is 15.9. The van der Waals surface area contributed by atoms with Gasteiger partial charge in [0.1, 0.15) is 10.6 Å². The summed E-state index contributed by atoms with van der Waals surface area (Å²) in [4.78, 5) is 12.8. The van der Waals surface area contributed by atoms with E-state index in [0.29, 0.717) is 5.75 Å². The van der Waals surface area contributed by atoms with Gasteiger partial charge in [-0.2, -0.15) is 0 Å². The molecule has 1 aliphatic carbocycles. The Morgan fingerprint density at radius 1 is 1.33 bits per heavy atom. The van der Waals surface area contributed by atoms with Crippen LogP contribution in [0.2, 0.25) is 0 Å². The smallest absolute Gasteiger partial charge is 0.269 e. The highest BCUT2D eigenvalue weighted by Crippen LogP contribution is 2.54. The maximum Gasteiger partial charge on any atom is 0.269 e. The summed E-state index contributed by atoms with van der Waals surface area (Å²) in [5.41, 5.74) is 0.00431. The zero-order valence-corrected chi connectivity index (χ0v) is 14.5. The average Bonchev–Trinajstić information content (AvgIpc) is 3.37. The molecule has 0 radical (unpaired) electrons. The lowest BCUT2D eigenvalue weighted by Crippen LogP contribution is -2.41. The number of amides is 1. The van der Waals surface area contributed by atoms with E-state index in [4.69, 9.17) is 9.47 Å². The molecule has 0 aromatic heterocycles. The lowest BCUT2D eigenvalue weighted by molar-refractivity contribution is -0.0337. The zero-order valence-electron chi connectivity index (χ0n) is 13.7. The Bertz CT molecular complexity index is 778. The van der Waals surface area contributed by atoms with Crippen molar-refractivity contribution in [1.29, 1.82) is 0 Å². The Labute approximate surface area is 141 Å². The van der Waals surface area contributed by atoms with Gasteiger partial charge < -0.3 is 9.47 Å². The third-order valence-electron chi connectivity index (χ3n) is 5.43. The Kier molecular flexibility index (Phi) is 3.61. The molecule has 1 aromatic carbocycles. The third kappa shape index (κ3) is 2.33. The minimum absolute atomic E-state index is 0.0625. The van der Waals surface area contributed by atoms with Crippen LogP contribution < -0.4 is 4.74 Å². The topological polar surface area (TPSA) is 72.9 Å². The van der Waals surface area contributed by atoms with Gasteiger partial charge in [-0.25, -0.2) is 12.7 Å². The van der Waals surface area contributed by atoms with Crippen LogP contribution in [0.3, 0.4) is 0 Å². The van der Waals surface area contributed by atoms with Crippen molar-refractivity contribution in [3.63, 3.8) is 0 Å². The van der Waals surface area contributed by atoms with Gasteiger partial charge in [0, 0.05) is 18.6 Å². The van der Waals surface area contributed by atoms with Crippen molar-refractivity contribution in [2.24, 2.45) is 5.41 Å². The van der Waals surface area contributed by atoms with Crippen LogP contribution in [0.5, 0.6) is 5.75 Å². The van der Waals surface area contributed by atoms with E-state index in [9.17, 15) is 13.2 Å². The van der Waals surface area contributed by atoms with Crippen LogP contribution in [0.4, 0.5) is 0 Å². The molecule has 6 nitrogen and oxygen atoms in total. The molecule has 3 aliphatic rings. The third-order valence-corrected chi connectivity index (χ3v) is 7.21. The minimum Gasteiger partial charge on any atom is -0.497 e. The Morgan fingerprint density at radius 2 is 2.12 bits per heavy atom. The SMILES string of the molecule is COc1ccc2c(c1)C(=O)N(CC1(C3CCCCO3)CC1)S2(=O)=O. The number of sulfonamides is 1. The molecule has 1 unspecified atom stereocenters. The van der Waals surface area contributed by atoms with Gasteiger partial charge in [0.05, 0.1) is 18.8 Å². The second-order valence-corrected chi connectivity index (χ2v) is 8.73. The van der Waals surface area contributed by atoms with E-state index in [1.54, 1.807) is 6.07 Å². The van der Waals surface area contributed by atoms with Crippen molar-refractivity contribution in [3.8, 4) is 5.75 Å². The molecular weight excluding hydrogens is 330 g/mol. The molecule has 0 N–H and O–H groups in total. The fourth-order valence-corrected chi connectivity index (χ4v) is 5.44. The van der Waals surface area contributed by atoms with Crippen molar-refractivity contribution < 1.29 is 22.7 Å². The molecule has 2 fully saturated rings. The van der Waals surface area contributed by atoms with Crippen LogP contribution in [-0.2, 0) is 14.8 Å². The normalized spacial score (nSPS) is 27.0. The number of ether oxygens (including phenoxy) is 2. The summed E-state index contributed by atoms with van der Waals surface area (Å²) in [5.74, 6) is 0.0295. The van der Waals surface area contributed by atoms with Gasteiger partial charge >= 0.3 is 0 Å². The van der Waals surface area contributed by atoms with Crippen LogP contribution in [0.1, 0.15) is 42.5 Å². The lowest BCUT2D eigenvalue weighted by atomic mass is 9.92. The van der Waals surface area contributed by atoms with Gasteiger partial charge in [-0.3, -0.25) is 4.79 Å². The molecule has 4 rings (SSSR count). The standard InChI is InChI=1S/C17H21NO5S/c1-22-12-5-6-14-13(10-12)16(19)18(24(14,20)21)11-17(7-8-17)15-4-2-3-9-23-15/h5-6,10,15H,2-4,7-9,11H2,1H3. The Morgan fingerprint density at radius 3 is 2.75 bits per heavy atom. The van der Waals surface area contributed by atoms with Gasteiger partial charge in [0.2, 0.25) is 0 Å². The molecule has 24 heavy (non-hydrogen) atoms. The largest absolute Gasteiger partial charge is 0.497 e. The quantitative estimate of drug-likeness (QED) is 0.831. The van der Waals surface area contributed by atoms with Gasteiger partial charge in [0.15, 0.2) is 0 Å². The van der Waals surface area contributed by atoms with E-state index in [1.807, 2.05) is 0 Å². The predicted molar refractivity (Wildman–Crippen MR) is 86.5 cm³/mol. The van der Waals surface area contributed by atoms with Gasteiger partial charge in [-0.05, 0) is 50.3 Å². The highest BCUT2D eigenvalue weighted by molar-refractivity contribution is 7.90. The number of hydrogen-bond donors (Lipinski definition) is 0. The fraction of sp³-hybridized carbons (Fsp3) is 0.588. The molecular formula is C17H21NO5S. The van der Waals surface area contributed by atoms with Crippen LogP contribution in [0, 0.1) is 5.41 Å². The number of nitrogens with zero attached hydrogens (tertiary/aromatic N) is 1. The molecule has 0 bridgehead atoms. The second-order valence-electron chi connectivity index (χ2n) is 6.90. The van der Waals surface area contributed by atoms with E-state index in [-0.39, 0.29) is 28.5 Å². The average molecular weight is 351 g/mol. The first-order valence-corrected chi connectivity index (χ1v) is 9.79. The molecule has 1 saturated carbocycles. The van der Waals surface area contributed by atoms with Crippen molar-refractivity contribution in [3.05, 3.63) is 23.8 Å². The number of rotatable bonds is 4. The van der Waals surface area contributed by atoms with Gasteiger partial charge in [0.25, 0.3) is 15.9 Å². The fourth-order valence-electron chi connectivity index (χ4n) is 3.80. The zero-order chi connectivity index (χ0) is 16.9. The summed E-state index contributed by atoms with van der Waals surface area (Å²) < 4.78 is 37.6. The van der Waals surface area contributed by atoms with E-state index in [0.717, 1.165) is 43.0 Å². The van der Waals surface area contributed by atoms with Crippen molar-refractivity contribution in [1.82, 2.24) is 4.31 Å². The number of fused-ring (bicyclic) bond motifs is 1. The molecule has 2 heterocycles. The maximum absolute atomic E-state index is 12.8. The van der Waals surface area contributed by atoms with Crippen molar-refractivity contribution in [2.75, 3.05) is 20.3 Å². The maximum atomic E-state index is 12.8. The summed E-state index contributed by atoms with van der Waals surface area (Å²) in [6, 6.07) is 4.54. The van der Waals surface area contributed by atoms with Crippen molar-refractivity contribution in [2.45, 2.75) is 43.1 Å². The Hall–Kier alpha value is -1.60. The summed E-state index contributed by atoms with van der Waals surface area (Å²) in [7, 11) is -2.29. The highest BCUT2D eigenvalue weighted by atomic mass is 32.2. The van der Waals surface area contributed by atoms with Crippen LogP contribution in [0.25, 0.3) is 0 Å². The molecule has 1 amide bonds.